The van der Waals surface area contributed by atoms with E-state index >= 15 is 0 Å². The highest BCUT2D eigenvalue weighted by atomic mass is 16.5. The molecular weight excluding hydrogens is 226 g/mol. The first-order valence-corrected chi connectivity index (χ1v) is 6.71. The molecule has 0 bridgehead atoms. The predicted octanol–water partition coefficient (Wildman–Crippen LogP) is 3.84. The normalized spacial score (nSPS) is 17.7. The summed E-state index contributed by atoms with van der Waals surface area (Å²) in [7, 11) is 0. The van der Waals surface area contributed by atoms with Gasteiger partial charge in [-0.15, -0.1) is 0 Å². The molecule has 0 radical (unpaired) electrons. The van der Waals surface area contributed by atoms with Gasteiger partial charge in [0, 0.05) is 5.56 Å². The van der Waals surface area contributed by atoms with Gasteiger partial charge in [-0.3, -0.25) is 0 Å². The van der Waals surface area contributed by atoms with Crippen molar-refractivity contribution >= 4 is 5.71 Å². The van der Waals surface area contributed by atoms with Crippen molar-refractivity contribution in [2.45, 2.75) is 39.0 Å². The fourth-order valence-electron chi connectivity index (χ4n) is 2.44. The van der Waals surface area contributed by atoms with Gasteiger partial charge in [-0.25, -0.2) is 0 Å². The molecule has 0 saturated heterocycles. The van der Waals surface area contributed by atoms with Gasteiger partial charge in [0.25, 0.3) is 0 Å². The Balaban J connectivity index is 1.92. The number of hydrogen-bond donors (Lipinski definition) is 1. The van der Waals surface area contributed by atoms with Crippen LogP contribution in [0, 0.1) is 5.92 Å². The fourth-order valence-corrected chi connectivity index (χ4v) is 2.44. The molecule has 0 spiro atoms. The van der Waals surface area contributed by atoms with Crippen LogP contribution in [0.5, 0.6) is 5.75 Å². The maximum absolute atomic E-state index is 8.76. The van der Waals surface area contributed by atoms with Gasteiger partial charge in [0.1, 0.15) is 5.75 Å². The van der Waals surface area contributed by atoms with Crippen LogP contribution in [-0.2, 0) is 0 Å². The largest absolute Gasteiger partial charge is 0.493 e. The molecule has 0 aromatic heterocycles. The van der Waals surface area contributed by atoms with Gasteiger partial charge in [-0.1, -0.05) is 36.6 Å². The van der Waals surface area contributed by atoms with E-state index in [1.165, 1.54) is 32.1 Å². The number of oxime groups is 1. The SMILES string of the molecule is CC(=NO)c1cccc(OCC2CCCCC2)c1. The summed E-state index contributed by atoms with van der Waals surface area (Å²) in [6.07, 6.45) is 6.63. The summed E-state index contributed by atoms with van der Waals surface area (Å²) in [5.74, 6) is 1.57. The van der Waals surface area contributed by atoms with E-state index in [0.717, 1.165) is 17.9 Å². The summed E-state index contributed by atoms with van der Waals surface area (Å²) in [5, 5.41) is 12.0. The van der Waals surface area contributed by atoms with Gasteiger partial charge in [0.15, 0.2) is 0 Å². The molecule has 0 aliphatic heterocycles. The lowest BCUT2D eigenvalue weighted by atomic mass is 9.90. The highest BCUT2D eigenvalue weighted by Crippen LogP contribution is 2.24. The Kier molecular flexibility index (Phi) is 4.62. The van der Waals surface area contributed by atoms with Crippen LogP contribution in [0.4, 0.5) is 0 Å². The van der Waals surface area contributed by atoms with Crippen molar-refractivity contribution in [3.05, 3.63) is 29.8 Å². The molecule has 0 amide bonds. The predicted molar refractivity (Wildman–Crippen MR) is 72.5 cm³/mol. The fraction of sp³-hybridized carbons (Fsp3) is 0.533. The van der Waals surface area contributed by atoms with Crippen molar-refractivity contribution in [2.24, 2.45) is 11.1 Å². The third-order valence-electron chi connectivity index (χ3n) is 3.61. The lowest BCUT2D eigenvalue weighted by molar-refractivity contribution is 0.209. The van der Waals surface area contributed by atoms with Crippen LogP contribution in [-0.4, -0.2) is 17.5 Å². The molecule has 98 valence electrons. The Hall–Kier alpha value is -1.51. The number of nitrogens with zero attached hydrogens (tertiary/aromatic N) is 1. The molecule has 3 nitrogen and oxygen atoms in total. The van der Waals surface area contributed by atoms with Crippen molar-refractivity contribution in [3.63, 3.8) is 0 Å². The molecule has 0 atom stereocenters. The Labute approximate surface area is 108 Å². The molecule has 1 aromatic rings. The van der Waals surface area contributed by atoms with Gasteiger partial charge >= 0.3 is 0 Å². The van der Waals surface area contributed by atoms with Crippen molar-refractivity contribution in [2.75, 3.05) is 6.61 Å². The second-order valence-electron chi connectivity index (χ2n) is 5.03. The van der Waals surface area contributed by atoms with E-state index in [9.17, 15) is 0 Å². The summed E-state index contributed by atoms with van der Waals surface area (Å²) in [6.45, 7) is 2.58. The van der Waals surface area contributed by atoms with E-state index < -0.39 is 0 Å². The zero-order valence-electron chi connectivity index (χ0n) is 10.9. The number of benzene rings is 1. The Bertz CT molecular complexity index is 409. The molecule has 1 aliphatic rings. The highest BCUT2D eigenvalue weighted by Gasteiger charge is 2.14. The second-order valence-corrected chi connectivity index (χ2v) is 5.03. The van der Waals surface area contributed by atoms with Crippen LogP contribution < -0.4 is 4.74 Å². The lowest BCUT2D eigenvalue weighted by Gasteiger charge is -2.21. The van der Waals surface area contributed by atoms with Gasteiger partial charge in [-0.2, -0.15) is 0 Å². The van der Waals surface area contributed by atoms with Gasteiger partial charge in [-0.05, 0) is 37.8 Å². The summed E-state index contributed by atoms with van der Waals surface area (Å²) in [6, 6.07) is 7.73. The molecule has 1 fully saturated rings. The Morgan fingerprint density at radius 2 is 2.11 bits per heavy atom. The van der Waals surface area contributed by atoms with E-state index in [-0.39, 0.29) is 0 Å². The van der Waals surface area contributed by atoms with E-state index in [1.807, 2.05) is 24.3 Å². The molecule has 2 rings (SSSR count). The van der Waals surface area contributed by atoms with Gasteiger partial charge in [0.05, 0.1) is 12.3 Å². The Morgan fingerprint density at radius 3 is 2.83 bits per heavy atom. The minimum Gasteiger partial charge on any atom is -0.493 e. The molecule has 1 N–H and O–H groups in total. The van der Waals surface area contributed by atoms with Crippen LogP contribution >= 0.6 is 0 Å². The summed E-state index contributed by atoms with van der Waals surface area (Å²) in [5.41, 5.74) is 1.51. The standard InChI is InChI=1S/C15H21NO2/c1-12(16-17)14-8-5-9-15(10-14)18-11-13-6-3-2-4-7-13/h5,8-10,13,17H,2-4,6-7,11H2,1H3. The van der Waals surface area contributed by atoms with E-state index in [0.29, 0.717) is 11.6 Å². The molecule has 18 heavy (non-hydrogen) atoms. The average molecular weight is 247 g/mol. The third kappa shape index (κ3) is 3.49. The molecule has 0 heterocycles. The first kappa shape index (κ1) is 12.9. The quantitative estimate of drug-likeness (QED) is 0.499. The van der Waals surface area contributed by atoms with Gasteiger partial charge in [0.2, 0.25) is 0 Å². The molecule has 1 saturated carbocycles. The van der Waals surface area contributed by atoms with Crippen molar-refractivity contribution in [3.8, 4) is 5.75 Å². The average Bonchev–Trinajstić information content (AvgIpc) is 2.45. The summed E-state index contributed by atoms with van der Waals surface area (Å²) < 4.78 is 5.84. The molecule has 0 unspecified atom stereocenters. The minimum atomic E-state index is 0.609. The first-order chi connectivity index (χ1) is 8.79. The third-order valence-corrected chi connectivity index (χ3v) is 3.61. The van der Waals surface area contributed by atoms with Crippen LogP contribution in [0.2, 0.25) is 0 Å². The zero-order chi connectivity index (χ0) is 12.8. The van der Waals surface area contributed by atoms with Crippen LogP contribution in [0.3, 0.4) is 0 Å². The van der Waals surface area contributed by atoms with Crippen LogP contribution in [0.15, 0.2) is 29.4 Å². The Morgan fingerprint density at radius 1 is 1.33 bits per heavy atom. The molecule has 1 aliphatic carbocycles. The summed E-state index contributed by atoms with van der Waals surface area (Å²) in [4.78, 5) is 0. The highest BCUT2D eigenvalue weighted by molar-refractivity contribution is 5.98. The van der Waals surface area contributed by atoms with Crippen molar-refractivity contribution < 1.29 is 9.94 Å². The molecule has 3 heteroatoms. The maximum atomic E-state index is 8.76. The number of hydrogen-bond acceptors (Lipinski definition) is 3. The van der Waals surface area contributed by atoms with Crippen LogP contribution in [0.25, 0.3) is 0 Å². The van der Waals surface area contributed by atoms with E-state index in [4.69, 9.17) is 9.94 Å². The zero-order valence-corrected chi connectivity index (χ0v) is 10.9. The molecular formula is C15H21NO2. The van der Waals surface area contributed by atoms with Gasteiger partial charge < -0.3 is 9.94 Å². The monoisotopic (exact) mass is 247 g/mol. The second kappa shape index (κ2) is 6.43. The lowest BCUT2D eigenvalue weighted by Crippen LogP contribution is -2.15. The van der Waals surface area contributed by atoms with Crippen molar-refractivity contribution in [1.29, 1.82) is 0 Å². The minimum absolute atomic E-state index is 0.609. The molecule has 1 aromatic carbocycles. The van der Waals surface area contributed by atoms with E-state index in [1.54, 1.807) is 6.92 Å². The number of rotatable bonds is 4. The topological polar surface area (TPSA) is 41.8 Å². The smallest absolute Gasteiger partial charge is 0.119 e. The van der Waals surface area contributed by atoms with Crippen molar-refractivity contribution in [1.82, 2.24) is 0 Å². The maximum Gasteiger partial charge on any atom is 0.119 e. The summed E-state index contributed by atoms with van der Waals surface area (Å²) >= 11 is 0. The van der Waals surface area contributed by atoms with Crippen LogP contribution in [0.1, 0.15) is 44.6 Å². The first-order valence-electron chi connectivity index (χ1n) is 6.71. The van der Waals surface area contributed by atoms with E-state index in [2.05, 4.69) is 5.16 Å². The number of ether oxygens (including phenoxy) is 1.